The molecule has 5 rings (SSSR count). The van der Waals surface area contributed by atoms with Gasteiger partial charge < -0.3 is 18.8 Å². The van der Waals surface area contributed by atoms with E-state index in [4.69, 9.17) is 4.74 Å². The summed E-state index contributed by atoms with van der Waals surface area (Å²) in [5, 5.41) is 8.52. The molecule has 1 saturated carbocycles. The van der Waals surface area contributed by atoms with E-state index in [1.807, 2.05) is 55.5 Å². The maximum Gasteiger partial charge on any atom is 0.255 e. The largest absolute Gasteiger partial charge is 0.497 e. The maximum absolute atomic E-state index is 13.4. The van der Waals surface area contributed by atoms with Crippen molar-refractivity contribution in [3.8, 4) is 17.0 Å². The molecule has 0 spiro atoms. The Bertz CT molecular complexity index is 1120. The molecule has 1 aliphatic carbocycles. The van der Waals surface area contributed by atoms with E-state index in [1.165, 1.54) is 12.8 Å². The highest BCUT2D eigenvalue weighted by Crippen LogP contribution is 2.32. The van der Waals surface area contributed by atoms with Crippen LogP contribution in [0.15, 0.2) is 36.7 Å². The summed E-state index contributed by atoms with van der Waals surface area (Å²) in [7, 11) is 3.69. The predicted molar refractivity (Wildman–Crippen MR) is 127 cm³/mol. The minimum absolute atomic E-state index is 0.137. The van der Waals surface area contributed by atoms with E-state index in [0.29, 0.717) is 5.92 Å². The first kappa shape index (κ1) is 21.7. The molecule has 1 amide bonds. The lowest BCUT2D eigenvalue weighted by molar-refractivity contribution is 0.0688. The topological polar surface area (TPSA) is 65.2 Å². The summed E-state index contributed by atoms with van der Waals surface area (Å²) in [6.45, 7) is 4.68. The van der Waals surface area contributed by atoms with Gasteiger partial charge in [0.05, 0.1) is 12.7 Å². The lowest BCUT2D eigenvalue weighted by Gasteiger charge is -2.32. The standard InChI is InChI=1S/C26H33N5O2/c1-18-23(15-24(29(18)2)21-6-8-22(33-3)9-7-21)26(32)30-12-10-19(11-13-30)14-25-28-27-17-31(25)16-20-4-5-20/h6-9,15,17,19-20H,4-5,10-14,16H2,1-3H3. The summed E-state index contributed by atoms with van der Waals surface area (Å²) in [4.78, 5) is 15.4. The molecule has 33 heavy (non-hydrogen) atoms. The molecule has 0 N–H and O–H groups in total. The van der Waals surface area contributed by atoms with Gasteiger partial charge in [-0.15, -0.1) is 10.2 Å². The van der Waals surface area contributed by atoms with Crippen LogP contribution >= 0.6 is 0 Å². The number of benzene rings is 1. The van der Waals surface area contributed by atoms with E-state index in [9.17, 15) is 4.79 Å². The van der Waals surface area contributed by atoms with Crippen molar-refractivity contribution in [1.82, 2.24) is 24.2 Å². The smallest absolute Gasteiger partial charge is 0.255 e. The summed E-state index contributed by atoms with van der Waals surface area (Å²) in [5.74, 6) is 3.45. The number of ether oxygens (including phenoxy) is 1. The summed E-state index contributed by atoms with van der Waals surface area (Å²) in [5.41, 5.74) is 3.92. The van der Waals surface area contributed by atoms with Crippen LogP contribution in [0.25, 0.3) is 11.3 Å². The van der Waals surface area contributed by atoms with E-state index >= 15 is 0 Å². The van der Waals surface area contributed by atoms with Gasteiger partial charge in [0.2, 0.25) is 0 Å². The van der Waals surface area contributed by atoms with Crippen LogP contribution in [-0.2, 0) is 20.0 Å². The first-order valence-corrected chi connectivity index (χ1v) is 12.0. The molecule has 0 unspecified atom stereocenters. The zero-order chi connectivity index (χ0) is 22.9. The number of amides is 1. The van der Waals surface area contributed by atoms with Crippen molar-refractivity contribution in [2.75, 3.05) is 20.2 Å². The number of carbonyl (C=O) groups excluding carboxylic acids is 1. The van der Waals surface area contributed by atoms with E-state index < -0.39 is 0 Å². The number of hydrogen-bond acceptors (Lipinski definition) is 4. The molecule has 0 bridgehead atoms. The fraction of sp³-hybridized carbons (Fsp3) is 0.500. The van der Waals surface area contributed by atoms with Crippen LogP contribution in [0.4, 0.5) is 0 Å². The first-order chi connectivity index (χ1) is 16.0. The zero-order valence-corrected chi connectivity index (χ0v) is 19.8. The first-order valence-electron chi connectivity index (χ1n) is 12.0. The van der Waals surface area contributed by atoms with Crippen LogP contribution in [0, 0.1) is 18.8 Å². The van der Waals surface area contributed by atoms with E-state index in [0.717, 1.165) is 78.9 Å². The number of likely N-dealkylation sites (tertiary alicyclic amines) is 1. The fourth-order valence-electron chi connectivity index (χ4n) is 4.89. The van der Waals surface area contributed by atoms with Crippen molar-refractivity contribution in [3.05, 3.63) is 53.7 Å². The molecule has 2 aromatic heterocycles. The lowest BCUT2D eigenvalue weighted by Crippen LogP contribution is -2.39. The highest BCUT2D eigenvalue weighted by molar-refractivity contribution is 5.97. The molecule has 2 fully saturated rings. The third-order valence-corrected chi connectivity index (χ3v) is 7.37. The molecule has 1 saturated heterocycles. The van der Waals surface area contributed by atoms with Gasteiger partial charge in [0.1, 0.15) is 17.9 Å². The van der Waals surface area contributed by atoms with Gasteiger partial charge in [0, 0.05) is 44.5 Å². The molecule has 7 nitrogen and oxygen atoms in total. The highest BCUT2D eigenvalue weighted by Gasteiger charge is 2.28. The van der Waals surface area contributed by atoms with Gasteiger partial charge in [0.15, 0.2) is 0 Å². The van der Waals surface area contributed by atoms with Crippen molar-refractivity contribution >= 4 is 5.91 Å². The van der Waals surface area contributed by atoms with Crippen LogP contribution in [0.1, 0.15) is 47.6 Å². The number of hydrogen-bond donors (Lipinski definition) is 0. The normalized spacial score (nSPS) is 16.9. The molecule has 3 heterocycles. The Labute approximate surface area is 195 Å². The van der Waals surface area contributed by atoms with E-state index in [1.54, 1.807) is 7.11 Å². The summed E-state index contributed by atoms with van der Waals surface area (Å²) in [6.07, 6.45) is 7.53. The van der Waals surface area contributed by atoms with Crippen molar-refractivity contribution in [1.29, 1.82) is 0 Å². The minimum atomic E-state index is 0.137. The van der Waals surface area contributed by atoms with Gasteiger partial charge in [-0.3, -0.25) is 4.79 Å². The van der Waals surface area contributed by atoms with Gasteiger partial charge >= 0.3 is 0 Å². The molecule has 2 aliphatic rings. The summed E-state index contributed by atoms with van der Waals surface area (Å²) >= 11 is 0. The molecule has 174 valence electrons. The molecule has 1 aromatic carbocycles. The number of carbonyl (C=O) groups is 1. The Morgan fingerprint density at radius 3 is 2.48 bits per heavy atom. The number of piperidine rings is 1. The molecule has 0 radical (unpaired) electrons. The van der Waals surface area contributed by atoms with Gasteiger partial charge in [-0.1, -0.05) is 0 Å². The molecule has 3 aromatic rings. The monoisotopic (exact) mass is 447 g/mol. The Morgan fingerprint density at radius 1 is 1.09 bits per heavy atom. The Kier molecular flexibility index (Phi) is 5.96. The predicted octanol–water partition coefficient (Wildman–Crippen LogP) is 4.11. The number of methoxy groups -OCH3 is 1. The average molecular weight is 448 g/mol. The molecular formula is C26H33N5O2. The van der Waals surface area contributed by atoms with Crippen molar-refractivity contribution < 1.29 is 9.53 Å². The highest BCUT2D eigenvalue weighted by atomic mass is 16.5. The Balaban J connectivity index is 1.23. The lowest BCUT2D eigenvalue weighted by atomic mass is 9.92. The van der Waals surface area contributed by atoms with Crippen LogP contribution in [-0.4, -0.2) is 50.3 Å². The Hall–Kier alpha value is -3.09. The second kappa shape index (κ2) is 9.04. The number of aromatic nitrogens is 4. The SMILES string of the molecule is COc1ccc(-c2cc(C(=O)N3CCC(Cc4nncn4CC4CC4)CC3)c(C)n2C)cc1. The number of rotatable bonds is 7. The van der Waals surface area contributed by atoms with Gasteiger partial charge in [-0.05, 0) is 80.3 Å². The van der Waals surface area contributed by atoms with Crippen molar-refractivity contribution in [2.24, 2.45) is 18.9 Å². The van der Waals surface area contributed by atoms with Crippen LogP contribution < -0.4 is 4.74 Å². The second-order valence-electron chi connectivity index (χ2n) is 9.60. The van der Waals surface area contributed by atoms with Crippen molar-refractivity contribution in [3.63, 3.8) is 0 Å². The van der Waals surface area contributed by atoms with E-state index in [-0.39, 0.29) is 5.91 Å². The number of nitrogens with zero attached hydrogens (tertiary/aromatic N) is 5. The molecule has 7 heteroatoms. The quantitative estimate of drug-likeness (QED) is 0.547. The molecular weight excluding hydrogens is 414 g/mol. The summed E-state index contributed by atoms with van der Waals surface area (Å²) < 4.78 is 9.62. The Morgan fingerprint density at radius 2 is 1.82 bits per heavy atom. The minimum Gasteiger partial charge on any atom is -0.497 e. The van der Waals surface area contributed by atoms with Gasteiger partial charge in [-0.25, -0.2) is 0 Å². The van der Waals surface area contributed by atoms with E-state index in [2.05, 4.69) is 19.3 Å². The third kappa shape index (κ3) is 4.54. The van der Waals surface area contributed by atoms with Crippen LogP contribution in [0.3, 0.4) is 0 Å². The van der Waals surface area contributed by atoms with Crippen LogP contribution in [0.2, 0.25) is 0 Å². The zero-order valence-electron chi connectivity index (χ0n) is 19.8. The average Bonchev–Trinajstić information content (AvgIpc) is 3.48. The molecule has 1 aliphatic heterocycles. The van der Waals surface area contributed by atoms with Gasteiger partial charge in [0.25, 0.3) is 5.91 Å². The van der Waals surface area contributed by atoms with Gasteiger partial charge in [-0.2, -0.15) is 0 Å². The fourth-order valence-corrected chi connectivity index (χ4v) is 4.89. The molecule has 0 atom stereocenters. The maximum atomic E-state index is 13.4. The summed E-state index contributed by atoms with van der Waals surface area (Å²) in [6, 6.07) is 10.0. The second-order valence-corrected chi connectivity index (χ2v) is 9.60. The van der Waals surface area contributed by atoms with Crippen molar-refractivity contribution in [2.45, 2.75) is 45.6 Å². The van der Waals surface area contributed by atoms with Crippen LogP contribution in [0.5, 0.6) is 5.75 Å². The third-order valence-electron chi connectivity index (χ3n) is 7.37.